The number of carbonyl (C=O) groups is 2. The number of ether oxygens (including phenoxy) is 1. The number of nitrogens with zero attached hydrogens (tertiary/aromatic N) is 2. The quantitative estimate of drug-likeness (QED) is 0.268. The Balaban J connectivity index is 1.91. The number of methoxy groups -OCH3 is 1. The number of hydrogen-bond acceptors (Lipinski definition) is 5. The molecule has 0 aliphatic carbocycles. The van der Waals surface area contributed by atoms with Crippen molar-refractivity contribution in [2.45, 2.75) is 39.3 Å². The van der Waals surface area contributed by atoms with Gasteiger partial charge in [-0.1, -0.05) is 43.6 Å². The first-order valence-corrected chi connectivity index (χ1v) is 11.7. The van der Waals surface area contributed by atoms with Crippen LogP contribution in [0.15, 0.2) is 66.4 Å². The lowest BCUT2D eigenvalue weighted by Gasteiger charge is -2.25. The molecule has 7 heteroatoms. The number of pyridine rings is 1. The number of carbonyl (C=O) groups excluding carboxylic acids is 2. The number of benzene rings is 2. The summed E-state index contributed by atoms with van der Waals surface area (Å²) in [7, 11) is 1.60. The number of hydrogen-bond donors (Lipinski definition) is 1. The first-order valence-electron chi connectivity index (χ1n) is 11.4. The molecule has 2 heterocycles. The Morgan fingerprint density at radius 2 is 1.86 bits per heavy atom. The molecule has 1 aliphatic heterocycles. The van der Waals surface area contributed by atoms with Crippen LogP contribution in [0.5, 0.6) is 5.75 Å². The van der Waals surface area contributed by atoms with Gasteiger partial charge in [0.15, 0.2) is 0 Å². The number of aliphatic hydroxyl groups excluding tert-OH is 1. The number of ketones is 1. The average molecular weight is 491 g/mol. The van der Waals surface area contributed by atoms with Crippen molar-refractivity contribution in [3.8, 4) is 5.75 Å². The number of halogens is 1. The van der Waals surface area contributed by atoms with Crippen LogP contribution in [0.25, 0.3) is 5.76 Å². The highest BCUT2D eigenvalue weighted by Crippen LogP contribution is 2.42. The maximum Gasteiger partial charge on any atom is 0.296 e. The molecule has 1 fully saturated rings. The molecule has 0 spiro atoms. The minimum atomic E-state index is -0.793. The molecule has 180 valence electrons. The number of aliphatic hydroxyl groups is 1. The molecule has 1 saturated heterocycles. The summed E-state index contributed by atoms with van der Waals surface area (Å²) < 4.78 is 5.52. The van der Waals surface area contributed by atoms with Crippen LogP contribution in [0.1, 0.15) is 53.8 Å². The van der Waals surface area contributed by atoms with Crippen molar-refractivity contribution in [2.75, 3.05) is 7.11 Å². The molecule has 1 unspecified atom stereocenters. The molecule has 1 amide bonds. The van der Waals surface area contributed by atoms with Gasteiger partial charge >= 0.3 is 0 Å². The van der Waals surface area contributed by atoms with Crippen molar-refractivity contribution in [1.29, 1.82) is 0 Å². The molecule has 35 heavy (non-hydrogen) atoms. The average Bonchev–Trinajstić information content (AvgIpc) is 3.09. The van der Waals surface area contributed by atoms with Gasteiger partial charge in [-0.05, 0) is 65.9 Å². The maximum atomic E-state index is 13.3. The summed E-state index contributed by atoms with van der Waals surface area (Å²) in [4.78, 5) is 32.3. The summed E-state index contributed by atoms with van der Waals surface area (Å²) in [5, 5.41) is 12.1. The van der Waals surface area contributed by atoms with Crippen molar-refractivity contribution in [2.24, 2.45) is 0 Å². The third-order valence-electron chi connectivity index (χ3n) is 6.24. The predicted octanol–water partition coefficient (Wildman–Crippen LogP) is 5.80. The van der Waals surface area contributed by atoms with Crippen LogP contribution in [0, 0.1) is 6.92 Å². The standard InChI is InChI=1S/C28H27ClN2O4/c1-16(2)21-14-22(17(3)13-23(21)35-4)26(32)24-25(18-8-10-19(29)11-9-18)31(28(34)27(24)33)15-20-7-5-6-12-30-20/h5-14,16,25,32H,15H2,1-4H3/b26-24+. The second-order valence-electron chi connectivity index (χ2n) is 8.86. The molecule has 1 N–H and O–H groups in total. The first-order chi connectivity index (χ1) is 16.7. The Morgan fingerprint density at radius 3 is 2.46 bits per heavy atom. The lowest BCUT2D eigenvalue weighted by Crippen LogP contribution is -2.29. The zero-order chi connectivity index (χ0) is 25.3. The summed E-state index contributed by atoms with van der Waals surface area (Å²) >= 11 is 6.10. The largest absolute Gasteiger partial charge is 0.507 e. The molecule has 1 aromatic heterocycles. The van der Waals surface area contributed by atoms with E-state index in [9.17, 15) is 14.7 Å². The van der Waals surface area contributed by atoms with E-state index >= 15 is 0 Å². The fourth-order valence-corrected chi connectivity index (χ4v) is 4.55. The van der Waals surface area contributed by atoms with Gasteiger partial charge in [0.1, 0.15) is 11.5 Å². The highest BCUT2D eigenvalue weighted by Gasteiger charge is 2.46. The predicted molar refractivity (Wildman–Crippen MR) is 135 cm³/mol. The van der Waals surface area contributed by atoms with Crippen LogP contribution < -0.4 is 4.74 Å². The number of rotatable bonds is 6. The summed E-state index contributed by atoms with van der Waals surface area (Å²) in [6.45, 7) is 6.00. The second kappa shape index (κ2) is 9.92. The van der Waals surface area contributed by atoms with Crippen LogP contribution in [0.3, 0.4) is 0 Å². The van der Waals surface area contributed by atoms with Gasteiger partial charge in [-0.2, -0.15) is 0 Å². The van der Waals surface area contributed by atoms with Gasteiger partial charge in [-0.25, -0.2) is 0 Å². The minimum absolute atomic E-state index is 0.0382. The number of Topliss-reactive ketones (excluding diaryl/α,β-unsaturated/α-hetero) is 1. The second-order valence-corrected chi connectivity index (χ2v) is 9.30. The number of aryl methyl sites for hydroxylation is 1. The summed E-state index contributed by atoms with van der Waals surface area (Å²) in [5.74, 6) is -0.810. The molecule has 4 rings (SSSR count). The summed E-state index contributed by atoms with van der Waals surface area (Å²) in [5.41, 5.74) is 3.46. The highest BCUT2D eigenvalue weighted by atomic mass is 35.5. The number of aromatic nitrogens is 1. The Bertz CT molecular complexity index is 1300. The molecule has 0 saturated carbocycles. The summed E-state index contributed by atoms with van der Waals surface area (Å²) in [6.07, 6.45) is 1.64. The third-order valence-corrected chi connectivity index (χ3v) is 6.49. The molecule has 0 bridgehead atoms. The monoisotopic (exact) mass is 490 g/mol. The van der Waals surface area contributed by atoms with Crippen LogP contribution in [-0.4, -0.2) is 33.8 Å². The number of likely N-dealkylation sites (tertiary alicyclic amines) is 1. The lowest BCUT2D eigenvalue weighted by atomic mass is 9.91. The van der Waals surface area contributed by atoms with Crippen LogP contribution in [-0.2, 0) is 16.1 Å². The minimum Gasteiger partial charge on any atom is -0.507 e. The lowest BCUT2D eigenvalue weighted by molar-refractivity contribution is -0.140. The molecular formula is C28H27ClN2O4. The summed E-state index contributed by atoms with van der Waals surface area (Å²) in [6, 6.07) is 15.2. The molecule has 2 aromatic carbocycles. The smallest absolute Gasteiger partial charge is 0.296 e. The molecule has 0 radical (unpaired) electrons. The van der Waals surface area contributed by atoms with Crippen molar-refractivity contribution in [3.05, 3.63) is 99.3 Å². The van der Waals surface area contributed by atoms with Crippen LogP contribution in [0.2, 0.25) is 5.02 Å². The molecule has 1 aliphatic rings. The van der Waals surface area contributed by atoms with E-state index in [0.717, 1.165) is 11.1 Å². The van der Waals surface area contributed by atoms with Gasteiger partial charge in [-0.15, -0.1) is 0 Å². The topological polar surface area (TPSA) is 79.7 Å². The van der Waals surface area contributed by atoms with Crippen LogP contribution in [0.4, 0.5) is 0 Å². The fraction of sp³-hybridized carbons (Fsp3) is 0.250. The Morgan fingerprint density at radius 1 is 1.14 bits per heavy atom. The normalized spacial score (nSPS) is 17.3. The zero-order valence-corrected chi connectivity index (χ0v) is 20.8. The Labute approximate surface area is 209 Å². The van der Waals surface area contributed by atoms with E-state index in [1.807, 2.05) is 39.0 Å². The van der Waals surface area contributed by atoms with E-state index in [2.05, 4.69) is 4.98 Å². The van der Waals surface area contributed by atoms with Gasteiger partial charge in [0.25, 0.3) is 11.7 Å². The van der Waals surface area contributed by atoms with Gasteiger partial charge in [0, 0.05) is 16.8 Å². The maximum absolute atomic E-state index is 13.3. The molecule has 1 atom stereocenters. The van der Waals surface area contributed by atoms with E-state index in [1.165, 1.54) is 4.90 Å². The van der Waals surface area contributed by atoms with E-state index < -0.39 is 17.7 Å². The van der Waals surface area contributed by atoms with E-state index in [4.69, 9.17) is 16.3 Å². The SMILES string of the molecule is COc1cc(C)c(/C(O)=C2\C(=O)C(=O)N(Cc3ccccn3)C2c2ccc(Cl)cc2)cc1C(C)C. The molecular weight excluding hydrogens is 464 g/mol. The van der Waals surface area contributed by atoms with Crippen molar-refractivity contribution in [3.63, 3.8) is 0 Å². The van der Waals surface area contributed by atoms with Gasteiger partial charge in [0.2, 0.25) is 0 Å². The van der Waals surface area contributed by atoms with Gasteiger partial charge in [0.05, 0.1) is 31.0 Å². The van der Waals surface area contributed by atoms with Crippen molar-refractivity contribution >= 4 is 29.1 Å². The zero-order valence-electron chi connectivity index (χ0n) is 20.1. The molecule has 3 aromatic rings. The van der Waals surface area contributed by atoms with E-state index in [-0.39, 0.29) is 23.8 Å². The molecule has 6 nitrogen and oxygen atoms in total. The Kier molecular flexibility index (Phi) is 6.94. The number of amides is 1. The highest BCUT2D eigenvalue weighted by molar-refractivity contribution is 6.46. The van der Waals surface area contributed by atoms with Gasteiger partial charge in [-0.3, -0.25) is 14.6 Å². The fourth-order valence-electron chi connectivity index (χ4n) is 4.43. The van der Waals surface area contributed by atoms with E-state index in [1.54, 1.807) is 49.7 Å². The van der Waals surface area contributed by atoms with Crippen LogP contribution >= 0.6 is 11.6 Å². The van der Waals surface area contributed by atoms with Crippen molar-refractivity contribution < 1.29 is 19.4 Å². The van der Waals surface area contributed by atoms with Crippen molar-refractivity contribution in [1.82, 2.24) is 9.88 Å². The van der Waals surface area contributed by atoms with Gasteiger partial charge < -0.3 is 14.7 Å². The Hall–Kier alpha value is -3.64. The third kappa shape index (κ3) is 4.66. The van der Waals surface area contributed by atoms with E-state index in [0.29, 0.717) is 27.6 Å². The first kappa shape index (κ1) is 24.5.